The zero-order valence-electron chi connectivity index (χ0n) is 12.6. The number of hydrogen-bond acceptors (Lipinski definition) is 4. The molecule has 1 aliphatic rings. The topological polar surface area (TPSA) is 90.0 Å². The molecule has 1 saturated heterocycles. The highest BCUT2D eigenvalue weighted by molar-refractivity contribution is 5.99. The van der Waals surface area contributed by atoms with E-state index >= 15 is 0 Å². The fourth-order valence-electron chi connectivity index (χ4n) is 2.77. The average Bonchev–Trinajstić information content (AvgIpc) is 3.03. The van der Waals surface area contributed by atoms with Gasteiger partial charge in [0.05, 0.1) is 23.1 Å². The zero-order chi connectivity index (χ0) is 16.3. The van der Waals surface area contributed by atoms with Crippen molar-refractivity contribution in [2.75, 3.05) is 19.6 Å². The normalized spacial score (nSPS) is 21.1. The maximum absolute atomic E-state index is 13.4. The van der Waals surface area contributed by atoms with E-state index < -0.39 is 5.60 Å². The van der Waals surface area contributed by atoms with Crippen LogP contribution < -0.4 is 10.6 Å². The number of β-amino-alcohol motifs (C(OH)–C–C–N with tert-alkyl or cyclic N) is 1. The van der Waals surface area contributed by atoms with Gasteiger partial charge in [0, 0.05) is 18.7 Å². The van der Waals surface area contributed by atoms with Crippen LogP contribution in [0.2, 0.25) is 0 Å². The van der Waals surface area contributed by atoms with E-state index in [0.717, 1.165) is 13.0 Å². The smallest absolute Gasteiger partial charge is 0.255 e. The van der Waals surface area contributed by atoms with Gasteiger partial charge in [-0.25, -0.2) is 4.39 Å². The molecule has 23 heavy (non-hydrogen) atoms. The van der Waals surface area contributed by atoms with Crippen LogP contribution in [0, 0.1) is 5.82 Å². The van der Waals surface area contributed by atoms with E-state index in [2.05, 4.69) is 20.8 Å². The summed E-state index contributed by atoms with van der Waals surface area (Å²) in [6.45, 7) is 1.49. The molecule has 122 valence electrons. The van der Waals surface area contributed by atoms with Crippen LogP contribution in [0.4, 0.5) is 4.39 Å². The minimum atomic E-state index is -0.934. The lowest BCUT2D eigenvalue weighted by atomic mass is 9.94. The number of aromatic nitrogens is 2. The van der Waals surface area contributed by atoms with Gasteiger partial charge in [-0.05, 0) is 31.5 Å². The first-order valence-corrected chi connectivity index (χ1v) is 7.58. The molecular formula is C16H19FN4O2. The molecule has 1 atom stereocenters. The Morgan fingerprint density at radius 1 is 1.48 bits per heavy atom. The summed E-state index contributed by atoms with van der Waals surface area (Å²) in [5.74, 6) is -0.733. The van der Waals surface area contributed by atoms with Crippen LogP contribution in [-0.2, 0) is 0 Å². The highest BCUT2D eigenvalue weighted by Gasteiger charge is 2.30. The Morgan fingerprint density at radius 2 is 2.35 bits per heavy atom. The molecule has 1 aromatic heterocycles. The van der Waals surface area contributed by atoms with E-state index in [4.69, 9.17) is 0 Å². The molecule has 1 amide bonds. The van der Waals surface area contributed by atoms with Crippen molar-refractivity contribution in [3.05, 3.63) is 41.8 Å². The molecule has 1 aliphatic heterocycles. The molecule has 0 aliphatic carbocycles. The van der Waals surface area contributed by atoms with Crippen LogP contribution in [0.5, 0.6) is 0 Å². The first kappa shape index (κ1) is 15.6. The molecular weight excluding hydrogens is 299 g/mol. The van der Waals surface area contributed by atoms with E-state index in [0.29, 0.717) is 29.8 Å². The molecule has 0 radical (unpaired) electrons. The number of aliphatic hydroxyl groups is 1. The summed E-state index contributed by atoms with van der Waals surface area (Å²) in [7, 11) is 0. The lowest BCUT2D eigenvalue weighted by Gasteiger charge is -2.32. The van der Waals surface area contributed by atoms with Crippen molar-refractivity contribution in [3.8, 4) is 11.3 Å². The largest absolute Gasteiger partial charge is 0.387 e. The van der Waals surface area contributed by atoms with Crippen LogP contribution in [0.25, 0.3) is 11.3 Å². The number of amides is 1. The Balaban J connectivity index is 1.72. The fourth-order valence-corrected chi connectivity index (χ4v) is 2.77. The molecule has 0 unspecified atom stereocenters. The number of H-pyrrole nitrogens is 1. The minimum Gasteiger partial charge on any atom is -0.387 e. The van der Waals surface area contributed by atoms with Crippen molar-refractivity contribution >= 4 is 5.91 Å². The molecule has 2 aromatic rings. The summed E-state index contributed by atoms with van der Waals surface area (Å²) >= 11 is 0. The van der Waals surface area contributed by atoms with Gasteiger partial charge in [-0.1, -0.05) is 12.1 Å². The van der Waals surface area contributed by atoms with Gasteiger partial charge in [0.1, 0.15) is 5.82 Å². The first-order valence-electron chi connectivity index (χ1n) is 7.58. The third-order valence-electron chi connectivity index (χ3n) is 4.03. The number of nitrogens with one attached hydrogen (secondary N) is 3. The molecule has 0 saturated carbocycles. The van der Waals surface area contributed by atoms with Gasteiger partial charge in [-0.3, -0.25) is 9.89 Å². The second-order valence-corrected chi connectivity index (χ2v) is 5.86. The Kier molecular flexibility index (Phi) is 4.40. The SMILES string of the molecule is O=C(NC[C@]1(O)CCCNC1)c1cn[nH]c1-c1cccc(F)c1. The standard InChI is InChI=1S/C16H19FN4O2/c17-12-4-1-3-11(7-12)14-13(8-20-21-14)15(22)19-10-16(23)5-2-6-18-9-16/h1,3-4,7-8,18,23H,2,5-6,9-10H2,(H,19,22)(H,20,21)/t16-/m0/s1. The number of hydrogen-bond donors (Lipinski definition) is 4. The van der Waals surface area contributed by atoms with E-state index in [9.17, 15) is 14.3 Å². The number of rotatable bonds is 4. The molecule has 1 fully saturated rings. The van der Waals surface area contributed by atoms with Gasteiger partial charge >= 0.3 is 0 Å². The highest BCUT2D eigenvalue weighted by atomic mass is 19.1. The summed E-state index contributed by atoms with van der Waals surface area (Å²) in [6, 6.07) is 5.95. The van der Waals surface area contributed by atoms with E-state index in [-0.39, 0.29) is 18.3 Å². The summed E-state index contributed by atoms with van der Waals surface area (Å²) in [5, 5.41) is 22.8. The van der Waals surface area contributed by atoms with Crippen molar-refractivity contribution in [2.45, 2.75) is 18.4 Å². The van der Waals surface area contributed by atoms with Crippen molar-refractivity contribution < 1.29 is 14.3 Å². The number of benzene rings is 1. The maximum Gasteiger partial charge on any atom is 0.255 e. The van der Waals surface area contributed by atoms with E-state index in [1.54, 1.807) is 12.1 Å². The van der Waals surface area contributed by atoms with Crippen LogP contribution in [0.15, 0.2) is 30.5 Å². The van der Waals surface area contributed by atoms with Crippen LogP contribution in [0.1, 0.15) is 23.2 Å². The summed E-state index contributed by atoms with van der Waals surface area (Å²) < 4.78 is 13.4. The summed E-state index contributed by atoms with van der Waals surface area (Å²) in [6.07, 6.45) is 2.91. The predicted molar refractivity (Wildman–Crippen MR) is 83.4 cm³/mol. The Hall–Kier alpha value is -2.25. The first-order chi connectivity index (χ1) is 11.1. The van der Waals surface area contributed by atoms with Crippen LogP contribution in [0.3, 0.4) is 0 Å². The fraction of sp³-hybridized carbons (Fsp3) is 0.375. The number of nitrogens with zero attached hydrogens (tertiary/aromatic N) is 1. The lowest BCUT2D eigenvalue weighted by Crippen LogP contribution is -2.52. The molecule has 2 heterocycles. The summed E-state index contributed by atoms with van der Waals surface area (Å²) in [5.41, 5.74) is 0.390. The quantitative estimate of drug-likeness (QED) is 0.678. The Bertz CT molecular complexity index is 695. The maximum atomic E-state index is 13.4. The van der Waals surface area contributed by atoms with Crippen molar-refractivity contribution in [1.29, 1.82) is 0 Å². The lowest BCUT2D eigenvalue weighted by molar-refractivity contribution is 0.0170. The third-order valence-corrected chi connectivity index (χ3v) is 4.03. The minimum absolute atomic E-state index is 0.159. The van der Waals surface area contributed by atoms with Gasteiger partial charge in [-0.2, -0.15) is 5.10 Å². The molecule has 7 heteroatoms. The molecule has 4 N–H and O–H groups in total. The predicted octanol–water partition coefficient (Wildman–Crippen LogP) is 1.06. The Labute approximate surface area is 133 Å². The number of halogens is 1. The van der Waals surface area contributed by atoms with Crippen molar-refractivity contribution in [3.63, 3.8) is 0 Å². The van der Waals surface area contributed by atoms with Crippen molar-refractivity contribution in [1.82, 2.24) is 20.8 Å². The number of aromatic amines is 1. The van der Waals surface area contributed by atoms with Crippen LogP contribution in [-0.4, -0.2) is 46.4 Å². The van der Waals surface area contributed by atoms with Gasteiger partial charge in [-0.15, -0.1) is 0 Å². The molecule has 6 nitrogen and oxygen atoms in total. The monoisotopic (exact) mass is 318 g/mol. The second kappa shape index (κ2) is 6.47. The van der Waals surface area contributed by atoms with Crippen molar-refractivity contribution in [2.24, 2.45) is 0 Å². The average molecular weight is 318 g/mol. The molecule has 0 bridgehead atoms. The van der Waals surface area contributed by atoms with Gasteiger partial charge in [0.25, 0.3) is 5.91 Å². The van der Waals surface area contributed by atoms with Gasteiger partial charge in [0.15, 0.2) is 0 Å². The number of piperidine rings is 1. The number of carbonyl (C=O) groups is 1. The van der Waals surface area contributed by atoms with E-state index in [1.807, 2.05) is 0 Å². The third kappa shape index (κ3) is 3.57. The Morgan fingerprint density at radius 3 is 3.09 bits per heavy atom. The second-order valence-electron chi connectivity index (χ2n) is 5.86. The molecule has 1 aromatic carbocycles. The molecule has 0 spiro atoms. The number of carbonyl (C=O) groups excluding carboxylic acids is 1. The summed E-state index contributed by atoms with van der Waals surface area (Å²) in [4.78, 5) is 12.4. The molecule has 3 rings (SSSR count). The van der Waals surface area contributed by atoms with Crippen LogP contribution >= 0.6 is 0 Å². The highest BCUT2D eigenvalue weighted by Crippen LogP contribution is 2.22. The van der Waals surface area contributed by atoms with Gasteiger partial charge < -0.3 is 15.7 Å². The van der Waals surface area contributed by atoms with Gasteiger partial charge in [0.2, 0.25) is 0 Å². The zero-order valence-corrected chi connectivity index (χ0v) is 12.6. The van der Waals surface area contributed by atoms with E-state index in [1.165, 1.54) is 18.3 Å².